The van der Waals surface area contributed by atoms with E-state index in [1.807, 2.05) is 4.90 Å². The number of amides is 1. The second-order valence-electron chi connectivity index (χ2n) is 7.68. The third kappa shape index (κ3) is 3.23. The van der Waals surface area contributed by atoms with Crippen molar-refractivity contribution in [2.24, 2.45) is 0 Å². The number of likely N-dealkylation sites (N-methyl/N-ethyl adjacent to an activating group) is 1. The van der Waals surface area contributed by atoms with Gasteiger partial charge in [-0.1, -0.05) is 0 Å². The van der Waals surface area contributed by atoms with E-state index in [-0.39, 0.29) is 5.91 Å². The Labute approximate surface area is 159 Å². The first-order valence-electron chi connectivity index (χ1n) is 9.66. The molecule has 7 heteroatoms. The lowest BCUT2D eigenvalue weighted by atomic mass is 10.2. The molecule has 0 spiro atoms. The van der Waals surface area contributed by atoms with E-state index in [9.17, 15) is 4.79 Å². The fraction of sp³-hybridized carbons (Fsp3) is 0.450. The third-order valence-corrected chi connectivity index (χ3v) is 5.58. The molecule has 3 aliphatic rings. The van der Waals surface area contributed by atoms with Crippen molar-refractivity contribution in [3.05, 3.63) is 36.0 Å². The zero-order chi connectivity index (χ0) is 18.4. The molecule has 0 radical (unpaired) electrons. The van der Waals surface area contributed by atoms with Gasteiger partial charge in [0.1, 0.15) is 5.82 Å². The number of rotatable bonds is 4. The Kier molecular flexibility index (Phi) is 3.97. The van der Waals surface area contributed by atoms with Crippen molar-refractivity contribution < 1.29 is 4.79 Å². The van der Waals surface area contributed by atoms with Gasteiger partial charge in [-0.05, 0) is 44.2 Å². The summed E-state index contributed by atoms with van der Waals surface area (Å²) in [5.74, 6) is 1.48. The summed E-state index contributed by atoms with van der Waals surface area (Å²) in [4.78, 5) is 27.9. The van der Waals surface area contributed by atoms with E-state index in [2.05, 4.69) is 56.4 Å². The number of nitrogens with one attached hydrogen (secondary N) is 1. The highest BCUT2D eigenvalue weighted by Crippen LogP contribution is 2.37. The molecule has 1 aromatic carbocycles. The molecule has 7 nitrogen and oxygen atoms in total. The number of hydrogen-bond acceptors (Lipinski definition) is 6. The van der Waals surface area contributed by atoms with Crippen LogP contribution in [0.5, 0.6) is 0 Å². The zero-order valence-corrected chi connectivity index (χ0v) is 15.6. The first-order chi connectivity index (χ1) is 13.2. The maximum absolute atomic E-state index is 12.2. The minimum absolute atomic E-state index is 0.149. The van der Waals surface area contributed by atoms with E-state index < -0.39 is 0 Å². The number of piperazine rings is 1. The van der Waals surface area contributed by atoms with Crippen molar-refractivity contribution in [2.45, 2.75) is 25.3 Å². The van der Waals surface area contributed by atoms with Crippen LogP contribution < -0.4 is 15.1 Å². The Hall–Kier alpha value is -2.67. The van der Waals surface area contributed by atoms with Crippen LogP contribution in [0.2, 0.25) is 0 Å². The van der Waals surface area contributed by atoms with Gasteiger partial charge in [0.2, 0.25) is 11.9 Å². The van der Waals surface area contributed by atoms with Crippen LogP contribution >= 0.6 is 0 Å². The normalized spacial score (nSPS) is 20.1. The van der Waals surface area contributed by atoms with Gasteiger partial charge in [0.15, 0.2) is 0 Å². The van der Waals surface area contributed by atoms with Crippen molar-refractivity contribution in [1.29, 1.82) is 0 Å². The predicted octanol–water partition coefficient (Wildman–Crippen LogP) is 2.02. The summed E-state index contributed by atoms with van der Waals surface area (Å²) < 4.78 is 0. The second-order valence-corrected chi connectivity index (χ2v) is 7.68. The van der Waals surface area contributed by atoms with E-state index in [4.69, 9.17) is 0 Å². The topological polar surface area (TPSA) is 64.6 Å². The summed E-state index contributed by atoms with van der Waals surface area (Å²) >= 11 is 0. The Morgan fingerprint density at radius 2 is 1.81 bits per heavy atom. The van der Waals surface area contributed by atoms with Crippen molar-refractivity contribution in [3.63, 3.8) is 0 Å². The number of nitrogens with zero attached hydrogens (tertiary/aromatic N) is 5. The lowest BCUT2D eigenvalue weighted by Crippen LogP contribution is -2.44. The van der Waals surface area contributed by atoms with Crippen LogP contribution in [0.25, 0.3) is 0 Å². The van der Waals surface area contributed by atoms with E-state index >= 15 is 0 Å². The molecular weight excluding hydrogens is 340 g/mol. The van der Waals surface area contributed by atoms with Crippen LogP contribution in [0, 0.1) is 0 Å². The SMILES string of the molecule is CN1CCN(c2ccc(Nc3ncc4c(n3)N(C3CC3)C(=O)C4)cc2)CC1. The maximum Gasteiger partial charge on any atom is 0.233 e. The molecule has 1 amide bonds. The third-order valence-electron chi connectivity index (χ3n) is 5.58. The number of fused-ring (bicyclic) bond motifs is 1. The maximum atomic E-state index is 12.2. The van der Waals surface area contributed by atoms with Crippen molar-refractivity contribution in [3.8, 4) is 0 Å². The summed E-state index contributed by atoms with van der Waals surface area (Å²) in [6, 6.07) is 8.74. The van der Waals surface area contributed by atoms with Gasteiger partial charge >= 0.3 is 0 Å². The molecule has 2 aliphatic heterocycles. The molecule has 2 aromatic rings. The molecule has 1 N–H and O–H groups in total. The number of aromatic nitrogens is 2. The van der Waals surface area contributed by atoms with Crippen LogP contribution in [-0.2, 0) is 11.2 Å². The van der Waals surface area contributed by atoms with Crippen molar-refractivity contribution in [1.82, 2.24) is 14.9 Å². The zero-order valence-electron chi connectivity index (χ0n) is 15.6. The van der Waals surface area contributed by atoms with E-state index in [0.29, 0.717) is 18.4 Å². The number of carbonyl (C=O) groups is 1. The summed E-state index contributed by atoms with van der Waals surface area (Å²) in [6.45, 7) is 4.31. The van der Waals surface area contributed by atoms with E-state index in [0.717, 1.165) is 56.1 Å². The van der Waals surface area contributed by atoms with Gasteiger partial charge in [0.25, 0.3) is 0 Å². The lowest BCUT2D eigenvalue weighted by Gasteiger charge is -2.34. The molecule has 5 rings (SSSR count). The van der Waals surface area contributed by atoms with E-state index in [1.54, 1.807) is 6.20 Å². The number of carbonyl (C=O) groups excluding carboxylic acids is 1. The number of benzene rings is 1. The molecule has 140 valence electrons. The van der Waals surface area contributed by atoms with Gasteiger partial charge in [-0.15, -0.1) is 0 Å². The molecule has 1 aliphatic carbocycles. The molecule has 27 heavy (non-hydrogen) atoms. The van der Waals surface area contributed by atoms with Crippen LogP contribution in [0.3, 0.4) is 0 Å². The summed E-state index contributed by atoms with van der Waals surface area (Å²) in [5, 5.41) is 3.28. The minimum atomic E-state index is 0.149. The average molecular weight is 364 g/mol. The van der Waals surface area contributed by atoms with Crippen LogP contribution in [0.4, 0.5) is 23.1 Å². The van der Waals surface area contributed by atoms with Gasteiger partial charge < -0.3 is 15.1 Å². The highest BCUT2D eigenvalue weighted by atomic mass is 16.2. The quantitative estimate of drug-likeness (QED) is 0.896. The molecule has 2 fully saturated rings. The Balaban J connectivity index is 1.30. The number of hydrogen-bond donors (Lipinski definition) is 1. The van der Waals surface area contributed by atoms with Crippen LogP contribution in [-0.4, -0.2) is 60.0 Å². The number of anilines is 4. The van der Waals surface area contributed by atoms with Gasteiger partial charge in [-0.25, -0.2) is 4.98 Å². The standard InChI is InChI=1S/C20H24N6O/c1-24-8-10-25(11-9-24)16-4-2-15(3-5-16)22-20-21-13-14-12-18(27)26(17-6-7-17)19(14)23-20/h2-5,13,17H,6-12H2,1H3,(H,21,22,23). The first-order valence-corrected chi connectivity index (χ1v) is 9.66. The minimum Gasteiger partial charge on any atom is -0.369 e. The molecule has 1 aromatic heterocycles. The molecule has 1 saturated heterocycles. The van der Waals surface area contributed by atoms with Gasteiger partial charge in [0, 0.05) is 55.4 Å². The lowest BCUT2D eigenvalue weighted by molar-refractivity contribution is -0.117. The van der Waals surface area contributed by atoms with Crippen LogP contribution in [0.15, 0.2) is 30.5 Å². The highest BCUT2D eigenvalue weighted by molar-refractivity contribution is 6.01. The first kappa shape index (κ1) is 16.5. The highest BCUT2D eigenvalue weighted by Gasteiger charge is 2.40. The Bertz CT molecular complexity index is 855. The molecule has 0 unspecified atom stereocenters. The fourth-order valence-electron chi connectivity index (χ4n) is 3.82. The summed E-state index contributed by atoms with van der Waals surface area (Å²) in [6.07, 6.45) is 4.35. The van der Waals surface area contributed by atoms with Gasteiger partial charge in [0.05, 0.1) is 6.42 Å². The summed E-state index contributed by atoms with van der Waals surface area (Å²) in [7, 11) is 2.17. The molecular formula is C20H24N6O. The van der Waals surface area contributed by atoms with Gasteiger partial charge in [-0.3, -0.25) is 9.69 Å². The second kappa shape index (κ2) is 6.49. The summed E-state index contributed by atoms with van der Waals surface area (Å²) in [5.41, 5.74) is 3.13. The van der Waals surface area contributed by atoms with Crippen LogP contribution in [0.1, 0.15) is 18.4 Å². The molecule has 0 atom stereocenters. The smallest absolute Gasteiger partial charge is 0.233 e. The monoisotopic (exact) mass is 364 g/mol. The average Bonchev–Trinajstić information content (AvgIpc) is 3.45. The largest absolute Gasteiger partial charge is 0.369 e. The van der Waals surface area contributed by atoms with Gasteiger partial charge in [-0.2, -0.15) is 4.98 Å². The van der Waals surface area contributed by atoms with E-state index in [1.165, 1.54) is 5.69 Å². The predicted molar refractivity (Wildman–Crippen MR) is 106 cm³/mol. The molecule has 0 bridgehead atoms. The van der Waals surface area contributed by atoms with Crippen molar-refractivity contribution >= 4 is 29.0 Å². The molecule has 3 heterocycles. The molecule has 1 saturated carbocycles. The van der Waals surface area contributed by atoms with Crippen molar-refractivity contribution in [2.75, 3.05) is 48.3 Å². The Morgan fingerprint density at radius 1 is 1.07 bits per heavy atom. The Morgan fingerprint density at radius 3 is 2.52 bits per heavy atom. The fourth-order valence-corrected chi connectivity index (χ4v) is 3.82.